The number of hydrogen-bond acceptors (Lipinski definition) is 1. The third-order valence-corrected chi connectivity index (χ3v) is 3.71. The molecule has 2 aromatic carbocycles. The first-order chi connectivity index (χ1) is 9.44. The van der Waals surface area contributed by atoms with Crippen molar-refractivity contribution in [3.63, 3.8) is 0 Å². The molecule has 1 unspecified atom stereocenters. The zero-order valence-electron chi connectivity index (χ0n) is 10.4. The van der Waals surface area contributed by atoms with Crippen LogP contribution in [0.15, 0.2) is 40.9 Å². The van der Waals surface area contributed by atoms with Crippen LogP contribution in [0.25, 0.3) is 0 Å². The number of benzene rings is 2. The lowest BCUT2D eigenvalue weighted by atomic mass is 10.0. The van der Waals surface area contributed by atoms with Crippen LogP contribution in [0, 0.1) is 11.6 Å². The van der Waals surface area contributed by atoms with Crippen LogP contribution in [0.3, 0.4) is 0 Å². The summed E-state index contributed by atoms with van der Waals surface area (Å²) >= 11 is 9.37. The van der Waals surface area contributed by atoms with Gasteiger partial charge in [-0.05, 0) is 41.8 Å². The highest BCUT2D eigenvalue weighted by molar-refractivity contribution is 9.10. The van der Waals surface area contributed by atoms with Crippen LogP contribution in [0.1, 0.15) is 11.1 Å². The van der Waals surface area contributed by atoms with Gasteiger partial charge in [-0.2, -0.15) is 0 Å². The van der Waals surface area contributed by atoms with Gasteiger partial charge < -0.3 is 5.11 Å². The van der Waals surface area contributed by atoms with E-state index in [1.54, 1.807) is 6.07 Å². The Hall–Kier alpha value is -0.970. The molecule has 0 aliphatic rings. The lowest BCUT2D eigenvalue weighted by Gasteiger charge is -2.12. The van der Waals surface area contributed by atoms with Gasteiger partial charge in [-0.25, -0.2) is 8.78 Å². The second-order valence-electron chi connectivity index (χ2n) is 4.58. The van der Waals surface area contributed by atoms with Crippen molar-refractivity contribution in [2.75, 3.05) is 0 Å². The van der Waals surface area contributed by atoms with Crippen molar-refractivity contribution in [2.45, 2.75) is 18.9 Å². The van der Waals surface area contributed by atoms with Crippen molar-refractivity contribution >= 4 is 27.5 Å². The summed E-state index contributed by atoms with van der Waals surface area (Å²) in [5.41, 5.74) is 1.21. The Kier molecular flexibility index (Phi) is 5.13. The number of rotatable bonds is 4. The maximum Gasteiger partial charge on any atom is 0.126 e. The van der Waals surface area contributed by atoms with Gasteiger partial charge in [0.2, 0.25) is 0 Å². The highest BCUT2D eigenvalue weighted by Gasteiger charge is 2.11. The van der Waals surface area contributed by atoms with Crippen LogP contribution in [0.4, 0.5) is 8.78 Å². The molecule has 0 aliphatic heterocycles. The zero-order valence-corrected chi connectivity index (χ0v) is 12.8. The molecule has 0 fully saturated rings. The first-order valence-electron chi connectivity index (χ1n) is 6.01. The molecule has 5 heteroatoms. The molecule has 1 atom stereocenters. The van der Waals surface area contributed by atoms with E-state index in [1.165, 1.54) is 12.1 Å². The molecule has 0 radical (unpaired) electrons. The molecule has 0 saturated carbocycles. The monoisotopic (exact) mass is 360 g/mol. The highest BCUT2D eigenvalue weighted by atomic mass is 79.9. The average Bonchev–Trinajstić information content (AvgIpc) is 2.31. The summed E-state index contributed by atoms with van der Waals surface area (Å²) in [4.78, 5) is 0. The van der Waals surface area contributed by atoms with E-state index in [0.717, 1.165) is 16.1 Å². The summed E-state index contributed by atoms with van der Waals surface area (Å²) in [7, 11) is 0. The van der Waals surface area contributed by atoms with Gasteiger partial charge in [-0.15, -0.1) is 0 Å². The van der Waals surface area contributed by atoms with E-state index < -0.39 is 17.7 Å². The molecule has 0 aromatic heterocycles. The number of halogens is 4. The molecule has 0 aliphatic carbocycles. The maximum absolute atomic E-state index is 13.1. The van der Waals surface area contributed by atoms with E-state index in [-0.39, 0.29) is 6.42 Å². The lowest BCUT2D eigenvalue weighted by molar-refractivity contribution is 0.175. The van der Waals surface area contributed by atoms with Crippen molar-refractivity contribution in [1.29, 1.82) is 0 Å². The molecule has 2 rings (SSSR count). The van der Waals surface area contributed by atoms with Gasteiger partial charge in [0.15, 0.2) is 0 Å². The first kappa shape index (κ1) is 15.4. The van der Waals surface area contributed by atoms with Crippen LogP contribution in [0.2, 0.25) is 5.02 Å². The fraction of sp³-hybridized carbons (Fsp3) is 0.200. The SMILES string of the molecule is OC(Cc1cc(F)cc(F)c1)Cc1ccc(Br)cc1Cl. The molecular formula is C15H12BrClF2O. The molecule has 106 valence electrons. The third kappa shape index (κ3) is 4.27. The predicted octanol–water partition coefficient (Wildman–Crippen LogP) is 4.53. The second kappa shape index (κ2) is 6.66. The van der Waals surface area contributed by atoms with Crippen molar-refractivity contribution in [2.24, 2.45) is 0 Å². The summed E-state index contributed by atoms with van der Waals surface area (Å²) < 4.78 is 27.0. The standard InChI is InChI=1S/C15H12BrClF2O/c16-11-2-1-10(15(17)7-11)6-14(20)5-9-3-12(18)8-13(19)4-9/h1-4,7-8,14,20H,5-6H2. The summed E-state index contributed by atoms with van der Waals surface area (Å²) in [5, 5.41) is 10.6. The Labute approximate surface area is 129 Å². The molecule has 1 N–H and O–H groups in total. The quantitative estimate of drug-likeness (QED) is 0.848. The second-order valence-corrected chi connectivity index (χ2v) is 5.90. The van der Waals surface area contributed by atoms with E-state index in [2.05, 4.69) is 15.9 Å². The van der Waals surface area contributed by atoms with Crippen molar-refractivity contribution in [3.8, 4) is 0 Å². The Morgan fingerprint density at radius 2 is 1.70 bits per heavy atom. The minimum atomic E-state index is -0.755. The van der Waals surface area contributed by atoms with E-state index in [1.807, 2.05) is 12.1 Å². The topological polar surface area (TPSA) is 20.2 Å². The fourth-order valence-corrected chi connectivity index (χ4v) is 2.76. The fourth-order valence-electron chi connectivity index (χ4n) is 2.01. The molecule has 0 bridgehead atoms. The zero-order chi connectivity index (χ0) is 14.7. The number of aliphatic hydroxyl groups excluding tert-OH is 1. The molecule has 0 spiro atoms. The van der Waals surface area contributed by atoms with Gasteiger partial charge >= 0.3 is 0 Å². The van der Waals surface area contributed by atoms with Crippen LogP contribution >= 0.6 is 27.5 Å². The van der Waals surface area contributed by atoms with Crippen molar-refractivity contribution in [3.05, 3.63) is 68.7 Å². The molecule has 20 heavy (non-hydrogen) atoms. The van der Waals surface area contributed by atoms with Crippen molar-refractivity contribution in [1.82, 2.24) is 0 Å². The molecule has 0 saturated heterocycles. The van der Waals surface area contributed by atoms with Gasteiger partial charge in [0.05, 0.1) is 6.10 Å². The van der Waals surface area contributed by atoms with Gasteiger partial charge in [0.25, 0.3) is 0 Å². The maximum atomic E-state index is 13.1. The summed E-state index contributed by atoms with van der Waals surface area (Å²) in [6, 6.07) is 8.62. The van der Waals surface area contributed by atoms with Gasteiger partial charge in [0, 0.05) is 22.0 Å². The predicted molar refractivity (Wildman–Crippen MR) is 78.9 cm³/mol. The highest BCUT2D eigenvalue weighted by Crippen LogP contribution is 2.23. The van der Waals surface area contributed by atoms with Crippen LogP contribution < -0.4 is 0 Å². The van der Waals surface area contributed by atoms with Crippen LogP contribution in [-0.4, -0.2) is 11.2 Å². The summed E-state index contributed by atoms with van der Waals surface area (Å²) in [5.74, 6) is -1.29. The van der Waals surface area contributed by atoms with Gasteiger partial charge in [-0.3, -0.25) is 0 Å². The van der Waals surface area contributed by atoms with E-state index in [9.17, 15) is 13.9 Å². The Balaban J connectivity index is 2.06. The third-order valence-electron chi connectivity index (χ3n) is 2.86. The minimum absolute atomic E-state index is 0.168. The van der Waals surface area contributed by atoms with E-state index in [0.29, 0.717) is 17.0 Å². The number of hydrogen-bond donors (Lipinski definition) is 1. The average molecular weight is 362 g/mol. The van der Waals surface area contributed by atoms with Gasteiger partial charge in [-0.1, -0.05) is 33.6 Å². The largest absolute Gasteiger partial charge is 0.392 e. The molecule has 0 amide bonds. The normalized spacial score (nSPS) is 12.4. The lowest BCUT2D eigenvalue weighted by Crippen LogP contribution is -2.14. The van der Waals surface area contributed by atoms with Crippen molar-refractivity contribution < 1.29 is 13.9 Å². The number of aliphatic hydroxyl groups is 1. The Morgan fingerprint density at radius 1 is 1.05 bits per heavy atom. The molecule has 2 aromatic rings. The Bertz CT molecular complexity index is 599. The summed E-state index contributed by atoms with van der Waals surface area (Å²) in [6.45, 7) is 0. The smallest absolute Gasteiger partial charge is 0.126 e. The van der Waals surface area contributed by atoms with Gasteiger partial charge in [0.1, 0.15) is 11.6 Å². The minimum Gasteiger partial charge on any atom is -0.392 e. The molecular weight excluding hydrogens is 350 g/mol. The molecule has 1 nitrogen and oxygen atoms in total. The van der Waals surface area contributed by atoms with E-state index in [4.69, 9.17) is 11.6 Å². The van der Waals surface area contributed by atoms with E-state index >= 15 is 0 Å². The van der Waals surface area contributed by atoms with Crippen LogP contribution in [0.5, 0.6) is 0 Å². The first-order valence-corrected chi connectivity index (χ1v) is 7.18. The summed E-state index contributed by atoms with van der Waals surface area (Å²) in [6.07, 6.45) is -0.263. The van der Waals surface area contributed by atoms with Crippen LogP contribution in [-0.2, 0) is 12.8 Å². The molecule has 0 heterocycles. The Morgan fingerprint density at radius 3 is 2.30 bits per heavy atom.